The first-order valence-electron chi connectivity index (χ1n) is 9.23. The van der Waals surface area contributed by atoms with Gasteiger partial charge in [-0.25, -0.2) is 4.98 Å². The molecule has 0 radical (unpaired) electrons. The Bertz CT molecular complexity index is 539. The van der Waals surface area contributed by atoms with Gasteiger partial charge in [0.1, 0.15) is 5.76 Å². The van der Waals surface area contributed by atoms with E-state index in [-0.39, 0.29) is 0 Å². The van der Waals surface area contributed by atoms with Crippen LogP contribution in [0.4, 0.5) is 0 Å². The van der Waals surface area contributed by atoms with Crippen molar-refractivity contribution in [3.05, 3.63) is 17.8 Å². The fourth-order valence-electron chi connectivity index (χ4n) is 3.75. The summed E-state index contributed by atoms with van der Waals surface area (Å²) in [5, 5.41) is 0. The van der Waals surface area contributed by atoms with Crippen LogP contribution in [-0.4, -0.2) is 71.4 Å². The summed E-state index contributed by atoms with van der Waals surface area (Å²) in [6.07, 6.45) is 7.19. The summed E-state index contributed by atoms with van der Waals surface area (Å²) < 4.78 is 5.57. The lowest BCUT2D eigenvalue weighted by molar-refractivity contribution is -0.132. The van der Waals surface area contributed by atoms with Crippen molar-refractivity contribution in [3.63, 3.8) is 0 Å². The van der Waals surface area contributed by atoms with E-state index < -0.39 is 0 Å². The molecule has 24 heavy (non-hydrogen) atoms. The molecule has 0 bridgehead atoms. The Labute approximate surface area is 144 Å². The molecule has 0 N–H and O–H groups in total. The third-order valence-electron chi connectivity index (χ3n) is 5.28. The van der Waals surface area contributed by atoms with E-state index in [0.29, 0.717) is 18.4 Å². The number of likely N-dealkylation sites (N-methyl/N-ethyl adjacent to an activating group) is 1. The van der Waals surface area contributed by atoms with E-state index in [4.69, 9.17) is 4.42 Å². The largest absolute Gasteiger partial charge is 0.445 e. The monoisotopic (exact) mass is 334 g/mol. The van der Waals surface area contributed by atoms with Crippen LogP contribution in [0.3, 0.4) is 0 Å². The highest BCUT2D eigenvalue weighted by Crippen LogP contribution is 2.18. The molecule has 134 valence electrons. The lowest BCUT2D eigenvalue weighted by Gasteiger charge is -2.28. The topological polar surface area (TPSA) is 52.8 Å². The van der Waals surface area contributed by atoms with Crippen LogP contribution in [0, 0.1) is 6.92 Å². The maximum absolute atomic E-state index is 12.3. The number of aryl methyl sites for hydroxylation is 1. The van der Waals surface area contributed by atoms with Crippen LogP contribution < -0.4 is 0 Å². The van der Waals surface area contributed by atoms with Gasteiger partial charge in [-0.1, -0.05) is 0 Å². The Kier molecular flexibility index (Phi) is 5.89. The average molecular weight is 334 g/mol. The zero-order valence-electron chi connectivity index (χ0n) is 15.0. The number of rotatable bonds is 6. The van der Waals surface area contributed by atoms with Gasteiger partial charge in [-0.15, -0.1) is 0 Å². The molecule has 1 aromatic heterocycles. The van der Waals surface area contributed by atoms with Gasteiger partial charge < -0.3 is 14.2 Å². The standard InChI is InChI=1S/C18H30N4O2/c1-15-12-19-17(24-15)14-20(2)16-6-10-21(13-16)11-7-18(23)22-8-4-3-5-9-22/h12,16H,3-11,13-14H2,1-2H3/t16-/m0/s1. The summed E-state index contributed by atoms with van der Waals surface area (Å²) >= 11 is 0. The Morgan fingerprint density at radius 1 is 1.33 bits per heavy atom. The highest BCUT2D eigenvalue weighted by atomic mass is 16.4. The molecule has 0 unspecified atom stereocenters. The average Bonchev–Trinajstić information content (AvgIpc) is 3.22. The van der Waals surface area contributed by atoms with E-state index >= 15 is 0 Å². The van der Waals surface area contributed by atoms with E-state index in [9.17, 15) is 4.79 Å². The maximum atomic E-state index is 12.3. The molecule has 0 aromatic carbocycles. The van der Waals surface area contributed by atoms with Crippen molar-refractivity contribution in [1.82, 2.24) is 19.7 Å². The van der Waals surface area contributed by atoms with Gasteiger partial charge in [0.25, 0.3) is 0 Å². The highest BCUT2D eigenvalue weighted by molar-refractivity contribution is 5.76. The third-order valence-corrected chi connectivity index (χ3v) is 5.28. The van der Waals surface area contributed by atoms with Gasteiger partial charge in [-0.05, 0) is 46.2 Å². The summed E-state index contributed by atoms with van der Waals surface area (Å²) in [5.74, 6) is 1.98. The van der Waals surface area contributed by atoms with Crippen LogP contribution in [0.5, 0.6) is 0 Å². The fraction of sp³-hybridized carbons (Fsp3) is 0.778. The van der Waals surface area contributed by atoms with Crippen molar-refractivity contribution in [2.24, 2.45) is 0 Å². The predicted octanol–water partition coefficient (Wildman–Crippen LogP) is 1.89. The van der Waals surface area contributed by atoms with Gasteiger partial charge in [0.05, 0.1) is 12.7 Å². The van der Waals surface area contributed by atoms with Gasteiger partial charge in [-0.2, -0.15) is 0 Å². The van der Waals surface area contributed by atoms with Crippen LogP contribution in [0.25, 0.3) is 0 Å². The maximum Gasteiger partial charge on any atom is 0.223 e. The lowest BCUT2D eigenvalue weighted by Crippen LogP contribution is -2.38. The number of amides is 1. The Morgan fingerprint density at radius 3 is 2.83 bits per heavy atom. The number of carbonyl (C=O) groups excluding carboxylic acids is 1. The highest BCUT2D eigenvalue weighted by Gasteiger charge is 2.27. The second-order valence-electron chi connectivity index (χ2n) is 7.21. The molecule has 1 atom stereocenters. The number of likely N-dealkylation sites (tertiary alicyclic amines) is 2. The number of hydrogen-bond donors (Lipinski definition) is 0. The molecule has 0 aliphatic carbocycles. The number of oxazole rings is 1. The number of hydrogen-bond acceptors (Lipinski definition) is 5. The van der Waals surface area contributed by atoms with Crippen molar-refractivity contribution in [2.75, 3.05) is 39.8 Å². The molecular formula is C18H30N4O2. The molecule has 2 fully saturated rings. The number of piperidine rings is 1. The quantitative estimate of drug-likeness (QED) is 0.795. The van der Waals surface area contributed by atoms with Gasteiger partial charge >= 0.3 is 0 Å². The normalized spacial score (nSPS) is 22.5. The van der Waals surface area contributed by atoms with Crippen LogP contribution >= 0.6 is 0 Å². The van der Waals surface area contributed by atoms with Gasteiger partial charge in [0, 0.05) is 38.6 Å². The van der Waals surface area contributed by atoms with Crippen molar-refractivity contribution >= 4 is 5.91 Å². The molecule has 3 rings (SSSR count). The molecule has 2 aliphatic heterocycles. The molecule has 6 heteroatoms. The molecule has 0 saturated carbocycles. The van der Waals surface area contributed by atoms with Crippen molar-refractivity contribution in [3.8, 4) is 0 Å². The molecule has 0 spiro atoms. The fourth-order valence-corrected chi connectivity index (χ4v) is 3.75. The van der Waals surface area contributed by atoms with E-state index in [1.807, 2.05) is 11.8 Å². The molecule has 2 saturated heterocycles. The van der Waals surface area contributed by atoms with Crippen LogP contribution in [0.1, 0.15) is 43.8 Å². The first kappa shape index (κ1) is 17.4. The van der Waals surface area contributed by atoms with E-state index in [0.717, 1.165) is 57.3 Å². The second-order valence-corrected chi connectivity index (χ2v) is 7.21. The number of aromatic nitrogens is 1. The summed E-state index contributed by atoms with van der Waals surface area (Å²) in [6.45, 7) is 7.58. The zero-order chi connectivity index (χ0) is 16.9. The summed E-state index contributed by atoms with van der Waals surface area (Å²) in [5.41, 5.74) is 0. The predicted molar refractivity (Wildman–Crippen MR) is 92.6 cm³/mol. The van der Waals surface area contributed by atoms with E-state index in [1.54, 1.807) is 6.20 Å². The van der Waals surface area contributed by atoms with Crippen molar-refractivity contribution in [2.45, 2.75) is 51.6 Å². The third kappa shape index (κ3) is 4.57. The lowest BCUT2D eigenvalue weighted by atomic mass is 10.1. The molecule has 2 aliphatic rings. The minimum atomic E-state index is 0.335. The first-order chi connectivity index (χ1) is 11.6. The van der Waals surface area contributed by atoms with Crippen molar-refractivity contribution in [1.29, 1.82) is 0 Å². The van der Waals surface area contributed by atoms with Crippen molar-refractivity contribution < 1.29 is 9.21 Å². The summed E-state index contributed by atoms with van der Waals surface area (Å²) in [6, 6.07) is 0.516. The van der Waals surface area contributed by atoms with Gasteiger partial charge in [0.15, 0.2) is 0 Å². The number of carbonyl (C=O) groups is 1. The zero-order valence-corrected chi connectivity index (χ0v) is 15.0. The Hall–Kier alpha value is -1.40. The first-order valence-corrected chi connectivity index (χ1v) is 9.23. The molecule has 3 heterocycles. The smallest absolute Gasteiger partial charge is 0.223 e. The minimum Gasteiger partial charge on any atom is -0.445 e. The van der Waals surface area contributed by atoms with Gasteiger partial charge in [-0.3, -0.25) is 9.69 Å². The summed E-state index contributed by atoms with van der Waals surface area (Å²) in [7, 11) is 2.13. The molecule has 6 nitrogen and oxygen atoms in total. The van der Waals surface area contributed by atoms with E-state index in [1.165, 1.54) is 19.3 Å². The number of nitrogens with zero attached hydrogens (tertiary/aromatic N) is 4. The van der Waals surface area contributed by atoms with Crippen LogP contribution in [0.2, 0.25) is 0 Å². The molecule has 1 amide bonds. The Morgan fingerprint density at radius 2 is 2.12 bits per heavy atom. The van der Waals surface area contributed by atoms with E-state index in [2.05, 4.69) is 21.8 Å². The van der Waals surface area contributed by atoms with Crippen LogP contribution in [-0.2, 0) is 11.3 Å². The second kappa shape index (κ2) is 8.12. The minimum absolute atomic E-state index is 0.335. The van der Waals surface area contributed by atoms with Crippen LogP contribution in [0.15, 0.2) is 10.6 Å². The SMILES string of the molecule is Cc1cnc(CN(C)[C@H]2CCN(CCC(=O)N3CCCCC3)C2)o1. The van der Waals surface area contributed by atoms with Gasteiger partial charge in [0.2, 0.25) is 11.8 Å². The molecular weight excluding hydrogens is 304 g/mol. The molecule has 1 aromatic rings. The Balaban J connectivity index is 1.39. The summed E-state index contributed by atoms with van der Waals surface area (Å²) in [4.78, 5) is 23.4.